The predicted molar refractivity (Wildman–Crippen MR) is 72.1 cm³/mol. The lowest BCUT2D eigenvalue weighted by atomic mass is 10.4. The van der Waals surface area contributed by atoms with E-state index < -0.39 is 0 Å². The topological polar surface area (TPSA) is 32.3 Å². The molecule has 1 aromatic rings. The molecule has 17 heavy (non-hydrogen) atoms. The van der Waals surface area contributed by atoms with E-state index in [0.717, 1.165) is 22.3 Å². The molecule has 0 saturated carbocycles. The average molecular weight is 271 g/mol. The van der Waals surface area contributed by atoms with Crippen LogP contribution in [-0.4, -0.2) is 30.4 Å². The molecule has 1 N–H and O–H groups in total. The number of thiophene rings is 1. The van der Waals surface area contributed by atoms with Gasteiger partial charge >= 0.3 is 0 Å². The first-order valence-electron chi connectivity index (χ1n) is 5.32. The zero-order valence-electron chi connectivity index (χ0n) is 9.70. The SMILES string of the molecule is C#CCNC(=O)CN(CC)Cc1ccc(Cl)s1. The molecule has 1 aromatic heterocycles. The summed E-state index contributed by atoms with van der Waals surface area (Å²) in [6.45, 7) is 4.19. The molecule has 0 radical (unpaired) electrons. The number of nitrogens with zero attached hydrogens (tertiary/aromatic N) is 1. The molecule has 0 spiro atoms. The van der Waals surface area contributed by atoms with Crippen molar-refractivity contribution in [3.05, 3.63) is 21.3 Å². The molecule has 0 aliphatic carbocycles. The summed E-state index contributed by atoms with van der Waals surface area (Å²) >= 11 is 7.40. The smallest absolute Gasteiger partial charge is 0.234 e. The van der Waals surface area contributed by atoms with Gasteiger partial charge in [0.2, 0.25) is 5.91 Å². The van der Waals surface area contributed by atoms with Crippen LogP contribution in [0.15, 0.2) is 12.1 Å². The molecule has 0 aromatic carbocycles. The van der Waals surface area contributed by atoms with Crippen LogP contribution in [-0.2, 0) is 11.3 Å². The number of halogens is 1. The van der Waals surface area contributed by atoms with Crippen molar-refractivity contribution >= 4 is 28.8 Å². The van der Waals surface area contributed by atoms with Crippen LogP contribution in [0.4, 0.5) is 0 Å². The Labute approximate surface area is 111 Å². The Balaban J connectivity index is 2.43. The van der Waals surface area contributed by atoms with Crippen LogP contribution >= 0.6 is 22.9 Å². The van der Waals surface area contributed by atoms with Crippen molar-refractivity contribution in [3.63, 3.8) is 0 Å². The Bertz CT molecular complexity index is 411. The Morgan fingerprint density at radius 1 is 1.65 bits per heavy atom. The molecule has 1 heterocycles. The molecule has 0 fully saturated rings. The van der Waals surface area contributed by atoms with Gasteiger partial charge in [0.25, 0.3) is 0 Å². The first-order chi connectivity index (χ1) is 8.15. The van der Waals surface area contributed by atoms with Crippen LogP contribution in [0, 0.1) is 12.3 Å². The molecule has 0 bridgehead atoms. The fourth-order valence-electron chi connectivity index (χ4n) is 1.35. The second-order valence-electron chi connectivity index (χ2n) is 3.49. The summed E-state index contributed by atoms with van der Waals surface area (Å²) in [5.74, 6) is 2.33. The van der Waals surface area contributed by atoms with Gasteiger partial charge in [-0.05, 0) is 18.7 Å². The number of nitrogens with one attached hydrogen (secondary N) is 1. The minimum Gasteiger partial charge on any atom is -0.344 e. The minimum absolute atomic E-state index is 0.0487. The quantitative estimate of drug-likeness (QED) is 0.802. The maximum atomic E-state index is 11.5. The summed E-state index contributed by atoms with van der Waals surface area (Å²) in [6.07, 6.45) is 5.08. The maximum absolute atomic E-state index is 11.5. The molecule has 3 nitrogen and oxygen atoms in total. The highest BCUT2D eigenvalue weighted by Crippen LogP contribution is 2.22. The summed E-state index contributed by atoms with van der Waals surface area (Å²) in [5, 5.41) is 2.65. The van der Waals surface area contributed by atoms with Crippen molar-refractivity contribution in [2.75, 3.05) is 19.6 Å². The van der Waals surface area contributed by atoms with Gasteiger partial charge in [-0.25, -0.2) is 0 Å². The number of hydrogen-bond donors (Lipinski definition) is 1. The van der Waals surface area contributed by atoms with Gasteiger partial charge in [-0.15, -0.1) is 17.8 Å². The summed E-state index contributed by atoms with van der Waals surface area (Å²) < 4.78 is 0.771. The number of amides is 1. The zero-order valence-corrected chi connectivity index (χ0v) is 11.3. The van der Waals surface area contributed by atoms with Crippen molar-refractivity contribution in [2.45, 2.75) is 13.5 Å². The second-order valence-corrected chi connectivity index (χ2v) is 5.29. The third kappa shape index (κ3) is 5.22. The molecule has 0 aliphatic heterocycles. The number of terminal acetylenes is 1. The minimum atomic E-state index is -0.0487. The van der Waals surface area contributed by atoms with E-state index in [1.807, 2.05) is 24.0 Å². The fraction of sp³-hybridized carbons (Fsp3) is 0.417. The predicted octanol–water partition coefficient (Wildman–Crippen LogP) is 1.97. The van der Waals surface area contributed by atoms with Crippen LogP contribution in [0.2, 0.25) is 4.34 Å². The molecule has 0 atom stereocenters. The normalized spacial score (nSPS) is 10.2. The van der Waals surface area contributed by atoms with Gasteiger partial charge in [-0.3, -0.25) is 9.69 Å². The first-order valence-corrected chi connectivity index (χ1v) is 6.52. The number of carbonyl (C=O) groups excluding carboxylic acids is 1. The van der Waals surface area contributed by atoms with E-state index in [1.54, 1.807) is 0 Å². The Kier molecular flexibility index (Phi) is 6.06. The summed E-state index contributed by atoms with van der Waals surface area (Å²) in [4.78, 5) is 14.7. The van der Waals surface area contributed by atoms with E-state index in [4.69, 9.17) is 18.0 Å². The van der Waals surface area contributed by atoms with Crippen LogP contribution in [0.3, 0.4) is 0 Å². The Hall–Kier alpha value is -1.02. The summed E-state index contributed by atoms with van der Waals surface area (Å²) in [7, 11) is 0. The molecule has 92 valence electrons. The summed E-state index contributed by atoms with van der Waals surface area (Å²) in [6, 6.07) is 3.85. The van der Waals surface area contributed by atoms with E-state index >= 15 is 0 Å². The van der Waals surface area contributed by atoms with Gasteiger partial charge in [0.15, 0.2) is 0 Å². The largest absolute Gasteiger partial charge is 0.344 e. The third-order valence-electron chi connectivity index (χ3n) is 2.21. The van der Waals surface area contributed by atoms with Gasteiger partial charge in [-0.1, -0.05) is 24.4 Å². The van der Waals surface area contributed by atoms with E-state index in [-0.39, 0.29) is 12.5 Å². The summed E-state index contributed by atoms with van der Waals surface area (Å²) in [5.41, 5.74) is 0. The van der Waals surface area contributed by atoms with Crippen LogP contribution in [0.1, 0.15) is 11.8 Å². The molecular weight excluding hydrogens is 256 g/mol. The highest BCUT2D eigenvalue weighted by Gasteiger charge is 2.10. The van der Waals surface area contributed by atoms with Crippen molar-refractivity contribution in [2.24, 2.45) is 0 Å². The van der Waals surface area contributed by atoms with Crippen LogP contribution < -0.4 is 5.32 Å². The van der Waals surface area contributed by atoms with Gasteiger partial charge in [0, 0.05) is 11.4 Å². The molecule has 1 rings (SSSR count). The molecular formula is C12H15ClN2OS. The lowest BCUT2D eigenvalue weighted by Gasteiger charge is -2.18. The van der Waals surface area contributed by atoms with E-state index in [9.17, 15) is 4.79 Å². The van der Waals surface area contributed by atoms with E-state index in [2.05, 4.69) is 11.2 Å². The molecule has 0 aliphatic rings. The lowest BCUT2D eigenvalue weighted by Crippen LogP contribution is -2.36. The molecule has 0 saturated heterocycles. The third-order valence-corrected chi connectivity index (χ3v) is 3.43. The highest BCUT2D eigenvalue weighted by molar-refractivity contribution is 7.16. The zero-order chi connectivity index (χ0) is 12.7. The average Bonchev–Trinajstić information content (AvgIpc) is 2.71. The monoisotopic (exact) mass is 270 g/mol. The van der Waals surface area contributed by atoms with E-state index in [0.29, 0.717) is 6.54 Å². The Morgan fingerprint density at radius 2 is 2.41 bits per heavy atom. The number of carbonyl (C=O) groups is 1. The molecule has 1 amide bonds. The van der Waals surface area contributed by atoms with Gasteiger partial charge < -0.3 is 5.32 Å². The standard InChI is InChI=1S/C12H15ClN2OS/c1-3-7-14-12(16)9-15(4-2)8-10-5-6-11(13)17-10/h1,5-6H,4,7-9H2,2H3,(H,14,16). The van der Waals surface area contributed by atoms with Gasteiger partial charge in [0.05, 0.1) is 17.4 Å². The number of rotatable bonds is 6. The first kappa shape index (κ1) is 14.0. The van der Waals surface area contributed by atoms with Crippen molar-refractivity contribution < 1.29 is 4.79 Å². The van der Waals surface area contributed by atoms with Crippen molar-refractivity contribution in [1.29, 1.82) is 0 Å². The van der Waals surface area contributed by atoms with Crippen LogP contribution in [0.5, 0.6) is 0 Å². The number of likely N-dealkylation sites (N-methyl/N-ethyl adjacent to an activating group) is 1. The molecule has 5 heteroatoms. The van der Waals surface area contributed by atoms with E-state index in [1.165, 1.54) is 11.3 Å². The van der Waals surface area contributed by atoms with Crippen molar-refractivity contribution in [1.82, 2.24) is 10.2 Å². The maximum Gasteiger partial charge on any atom is 0.234 e. The highest BCUT2D eigenvalue weighted by atomic mass is 35.5. The van der Waals surface area contributed by atoms with Crippen molar-refractivity contribution in [3.8, 4) is 12.3 Å². The fourth-order valence-corrected chi connectivity index (χ4v) is 2.48. The molecule has 0 unspecified atom stereocenters. The second kappa shape index (κ2) is 7.33. The van der Waals surface area contributed by atoms with Gasteiger partial charge in [-0.2, -0.15) is 0 Å². The Morgan fingerprint density at radius 3 is 2.94 bits per heavy atom. The van der Waals surface area contributed by atoms with Crippen LogP contribution in [0.25, 0.3) is 0 Å². The van der Waals surface area contributed by atoms with Gasteiger partial charge in [0.1, 0.15) is 0 Å². The lowest BCUT2D eigenvalue weighted by molar-refractivity contribution is -0.122. The number of hydrogen-bond acceptors (Lipinski definition) is 3.